The van der Waals surface area contributed by atoms with Gasteiger partial charge in [-0.1, -0.05) is 48.5 Å². The molecule has 0 aromatic heterocycles. The fourth-order valence-corrected chi connectivity index (χ4v) is 2.52. The molecule has 0 aliphatic carbocycles. The van der Waals surface area contributed by atoms with Crippen LogP contribution in [0.3, 0.4) is 0 Å². The van der Waals surface area contributed by atoms with Gasteiger partial charge in [0.05, 0.1) is 6.21 Å². The number of thiocarbonyl (C=S) groups is 1. The molecular weight excluding hydrogens is 382 g/mol. The Kier molecular flexibility index (Phi) is 7.26. The maximum atomic E-state index is 11.9. The predicted octanol–water partition coefficient (Wildman–Crippen LogP) is 4.63. The number of ether oxygens (including phenoxy) is 1. The summed E-state index contributed by atoms with van der Waals surface area (Å²) in [6.45, 7) is 0. The molecule has 0 saturated heterocycles. The highest BCUT2D eigenvalue weighted by Crippen LogP contribution is 2.12. The predicted molar refractivity (Wildman–Crippen MR) is 121 cm³/mol. The first kappa shape index (κ1) is 20.0. The number of anilines is 1. The first-order valence-electron chi connectivity index (χ1n) is 8.89. The summed E-state index contributed by atoms with van der Waals surface area (Å²) in [6, 6.07) is 26.1. The summed E-state index contributed by atoms with van der Waals surface area (Å²) in [5.41, 5.74) is 5.40. The van der Waals surface area contributed by atoms with Gasteiger partial charge in [-0.25, -0.2) is 4.79 Å². The standard InChI is InChI=1S/C23H19N3O2S/c27-22(16-13-18-7-3-1-4-8-18)28-21-14-11-19(12-15-21)17-24-26-23(29)25-20-9-5-2-6-10-20/h1-17H,(H2,25,26,29)/b16-13+,24-17+. The van der Waals surface area contributed by atoms with Gasteiger partial charge in [0.15, 0.2) is 5.11 Å². The van der Waals surface area contributed by atoms with Crippen LogP contribution in [0.4, 0.5) is 5.69 Å². The maximum Gasteiger partial charge on any atom is 0.336 e. The molecule has 6 heteroatoms. The highest BCUT2D eigenvalue weighted by molar-refractivity contribution is 7.80. The molecule has 0 atom stereocenters. The minimum Gasteiger partial charge on any atom is -0.423 e. The Morgan fingerprint density at radius 2 is 1.52 bits per heavy atom. The van der Waals surface area contributed by atoms with Crippen LogP contribution in [0.5, 0.6) is 5.75 Å². The molecule has 0 amide bonds. The summed E-state index contributed by atoms with van der Waals surface area (Å²) in [4.78, 5) is 11.9. The number of benzene rings is 3. The van der Waals surface area contributed by atoms with Crippen LogP contribution >= 0.6 is 12.2 Å². The van der Waals surface area contributed by atoms with E-state index in [0.717, 1.165) is 16.8 Å². The lowest BCUT2D eigenvalue weighted by molar-refractivity contribution is -0.128. The minimum absolute atomic E-state index is 0.392. The number of nitrogens with one attached hydrogen (secondary N) is 2. The van der Waals surface area contributed by atoms with Gasteiger partial charge < -0.3 is 10.1 Å². The van der Waals surface area contributed by atoms with Gasteiger partial charge in [-0.2, -0.15) is 5.10 Å². The van der Waals surface area contributed by atoms with Gasteiger partial charge in [0.25, 0.3) is 0 Å². The van der Waals surface area contributed by atoms with Crippen LogP contribution in [0.15, 0.2) is 96.1 Å². The van der Waals surface area contributed by atoms with E-state index in [4.69, 9.17) is 17.0 Å². The fraction of sp³-hybridized carbons (Fsp3) is 0. The van der Waals surface area contributed by atoms with Crippen LogP contribution in [0.1, 0.15) is 11.1 Å². The van der Waals surface area contributed by atoms with E-state index in [1.54, 1.807) is 36.6 Å². The summed E-state index contributed by atoms with van der Waals surface area (Å²) in [7, 11) is 0. The number of hydrogen-bond donors (Lipinski definition) is 2. The van der Waals surface area contributed by atoms with E-state index in [9.17, 15) is 4.79 Å². The van der Waals surface area contributed by atoms with E-state index >= 15 is 0 Å². The summed E-state index contributed by atoms with van der Waals surface area (Å²) in [5.74, 6) is 0.0216. The van der Waals surface area contributed by atoms with Crippen LogP contribution < -0.4 is 15.5 Å². The Morgan fingerprint density at radius 3 is 2.21 bits per heavy atom. The molecule has 0 saturated carbocycles. The van der Waals surface area contributed by atoms with Gasteiger partial charge in [-0.15, -0.1) is 0 Å². The highest BCUT2D eigenvalue weighted by Gasteiger charge is 2.00. The molecule has 144 valence electrons. The second kappa shape index (κ2) is 10.5. The quantitative estimate of drug-likeness (QED) is 0.158. The van der Waals surface area contributed by atoms with Gasteiger partial charge in [0.1, 0.15) is 5.75 Å². The van der Waals surface area contributed by atoms with E-state index in [1.807, 2.05) is 60.7 Å². The molecular formula is C23H19N3O2S. The molecule has 3 aromatic rings. The molecule has 5 nitrogen and oxygen atoms in total. The van der Waals surface area contributed by atoms with E-state index in [0.29, 0.717) is 10.9 Å². The van der Waals surface area contributed by atoms with Crippen LogP contribution in [0.25, 0.3) is 6.08 Å². The Hall–Kier alpha value is -3.77. The molecule has 0 radical (unpaired) electrons. The van der Waals surface area contributed by atoms with Crippen molar-refractivity contribution < 1.29 is 9.53 Å². The fourth-order valence-electron chi connectivity index (χ4n) is 2.35. The Morgan fingerprint density at radius 1 is 0.862 bits per heavy atom. The van der Waals surface area contributed by atoms with E-state index in [1.165, 1.54) is 6.08 Å². The summed E-state index contributed by atoms with van der Waals surface area (Å²) in [6.07, 6.45) is 4.73. The van der Waals surface area contributed by atoms with Gasteiger partial charge in [0.2, 0.25) is 0 Å². The molecule has 0 spiro atoms. The molecule has 0 bridgehead atoms. The van der Waals surface area contributed by atoms with E-state index in [2.05, 4.69) is 15.8 Å². The number of hydrogen-bond acceptors (Lipinski definition) is 4. The summed E-state index contributed by atoms with van der Waals surface area (Å²) >= 11 is 5.18. The molecule has 0 aliphatic heterocycles. The van der Waals surface area contributed by atoms with Crippen molar-refractivity contribution in [3.05, 3.63) is 102 Å². The monoisotopic (exact) mass is 401 g/mol. The largest absolute Gasteiger partial charge is 0.423 e. The lowest BCUT2D eigenvalue weighted by Crippen LogP contribution is -2.23. The van der Waals surface area contributed by atoms with Crippen molar-refractivity contribution in [1.82, 2.24) is 5.43 Å². The molecule has 0 unspecified atom stereocenters. The third-order valence-corrected chi connectivity index (χ3v) is 3.91. The van der Waals surface area contributed by atoms with E-state index < -0.39 is 5.97 Å². The van der Waals surface area contributed by atoms with Gasteiger partial charge >= 0.3 is 5.97 Å². The summed E-state index contributed by atoms with van der Waals surface area (Å²) in [5, 5.41) is 7.51. The highest BCUT2D eigenvalue weighted by atomic mass is 32.1. The van der Waals surface area contributed by atoms with Crippen molar-refractivity contribution in [3.63, 3.8) is 0 Å². The number of esters is 1. The number of rotatable bonds is 6. The van der Waals surface area contributed by atoms with Crippen molar-refractivity contribution in [3.8, 4) is 5.75 Å². The summed E-state index contributed by atoms with van der Waals surface area (Å²) < 4.78 is 5.28. The van der Waals surface area contributed by atoms with Gasteiger partial charge in [-0.3, -0.25) is 5.43 Å². The number of nitrogens with zero attached hydrogens (tertiary/aromatic N) is 1. The van der Waals surface area contributed by atoms with Gasteiger partial charge in [0, 0.05) is 11.8 Å². The molecule has 0 heterocycles. The van der Waals surface area contributed by atoms with Crippen molar-refractivity contribution in [2.75, 3.05) is 5.32 Å². The Balaban J connectivity index is 1.47. The molecule has 2 N–H and O–H groups in total. The average Bonchev–Trinajstić information content (AvgIpc) is 2.75. The molecule has 3 aromatic carbocycles. The first-order valence-corrected chi connectivity index (χ1v) is 9.30. The zero-order valence-electron chi connectivity index (χ0n) is 15.5. The smallest absolute Gasteiger partial charge is 0.336 e. The number of carbonyl (C=O) groups excluding carboxylic acids is 1. The molecule has 0 fully saturated rings. The number of hydrazone groups is 1. The molecule has 29 heavy (non-hydrogen) atoms. The number of carbonyl (C=O) groups is 1. The Labute approximate surface area is 174 Å². The second-order valence-corrected chi connectivity index (χ2v) is 6.33. The zero-order valence-corrected chi connectivity index (χ0v) is 16.3. The zero-order chi connectivity index (χ0) is 20.3. The lowest BCUT2D eigenvalue weighted by Gasteiger charge is -2.06. The average molecular weight is 401 g/mol. The van der Waals surface area contributed by atoms with E-state index in [-0.39, 0.29) is 0 Å². The SMILES string of the molecule is O=C(/C=C/c1ccccc1)Oc1ccc(/C=N/NC(=S)Nc2ccccc2)cc1. The topological polar surface area (TPSA) is 62.7 Å². The normalized spacial score (nSPS) is 10.8. The Bertz CT molecular complexity index is 1000. The van der Waals surface area contributed by atoms with Crippen molar-refractivity contribution in [1.29, 1.82) is 0 Å². The third kappa shape index (κ3) is 7.04. The van der Waals surface area contributed by atoms with Crippen LogP contribution in [0.2, 0.25) is 0 Å². The third-order valence-electron chi connectivity index (χ3n) is 3.72. The van der Waals surface area contributed by atoms with Crippen LogP contribution in [-0.4, -0.2) is 17.3 Å². The maximum absolute atomic E-state index is 11.9. The van der Waals surface area contributed by atoms with Crippen LogP contribution in [0, 0.1) is 0 Å². The second-order valence-electron chi connectivity index (χ2n) is 5.92. The number of para-hydroxylation sites is 1. The van der Waals surface area contributed by atoms with Crippen molar-refractivity contribution >= 4 is 41.3 Å². The molecule has 3 rings (SSSR count). The lowest BCUT2D eigenvalue weighted by atomic mass is 10.2. The molecule has 0 aliphatic rings. The van der Waals surface area contributed by atoms with Gasteiger partial charge in [-0.05, 0) is 65.8 Å². The first-order chi connectivity index (χ1) is 14.2. The van der Waals surface area contributed by atoms with Crippen molar-refractivity contribution in [2.24, 2.45) is 5.10 Å². The van der Waals surface area contributed by atoms with Crippen molar-refractivity contribution in [2.45, 2.75) is 0 Å². The van der Waals surface area contributed by atoms with Crippen LogP contribution in [-0.2, 0) is 4.79 Å². The minimum atomic E-state index is -0.436.